The second-order valence-electron chi connectivity index (χ2n) is 5.53. The minimum Gasteiger partial charge on any atom is -0.492 e. The Kier molecular flexibility index (Phi) is 5.81. The van der Waals surface area contributed by atoms with Gasteiger partial charge in [0.1, 0.15) is 12.4 Å². The molecule has 1 atom stereocenters. The van der Waals surface area contributed by atoms with E-state index in [1.165, 1.54) is 0 Å². The molecule has 140 valence electrons. The van der Waals surface area contributed by atoms with Crippen LogP contribution in [-0.2, 0) is 17.1 Å². The summed E-state index contributed by atoms with van der Waals surface area (Å²) in [6.45, 7) is 0.435. The lowest BCUT2D eigenvalue weighted by atomic mass is 10.1. The summed E-state index contributed by atoms with van der Waals surface area (Å²) < 4.78 is 81.3. The first-order valence-electron chi connectivity index (χ1n) is 7.51. The van der Waals surface area contributed by atoms with Gasteiger partial charge in [-0.25, -0.2) is 0 Å². The van der Waals surface area contributed by atoms with Gasteiger partial charge in [0.05, 0.1) is 23.7 Å². The van der Waals surface area contributed by atoms with Gasteiger partial charge in [-0.15, -0.1) is 0 Å². The van der Waals surface area contributed by atoms with Crippen LogP contribution in [0.25, 0.3) is 0 Å². The zero-order valence-electron chi connectivity index (χ0n) is 12.9. The smallest absolute Gasteiger partial charge is 0.416 e. The molecule has 4 nitrogen and oxygen atoms in total. The van der Waals surface area contributed by atoms with Crippen molar-refractivity contribution < 1.29 is 35.9 Å². The molecule has 25 heavy (non-hydrogen) atoms. The molecular formula is C15H16F6N2O2. The Hall–Kier alpha value is -1.97. The maximum Gasteiger partial charge on any atom is 0.416 e. The summed E-state index contributed by atoms with van der Waals surface area (Å²) >= 11 is 0. The molecule has 0 saturated carbocycles. The number of hydrogen-bond acceptors (Lipinski definition) is 3. The fraction of sp³-hybridized carbons (Fsp3) is 0.533. The molecule has 0 spiro atoms. The van der Waals surface area contributed by atoms with E-state index in [1.54, 1.807) is 0 Å². The van der Waals surface area contributed by atoms with Crippen molar-refractivity contribution in [2.75, 3.05) is 19.7 Å². The molecule has 0 aliphatic carbocycles. The predicted octanol–water partition coefficient (Wildman–Crippen LogP) is 2.97. The van der Waals surface area contributed by atoms with E-state index < -0.39 is 29.2 Å². The van der Waals surface area contributed by atoms with Crippen LogP contribution in [0, 0.1) is 0 Å². The number of hydrogen-bond donors (Lipinski definition) is 2. The number of amides is 1. The standard InChI is InChI=1S/C15H16F6N2O2/c16-14(17,18)9-6-10(15(19,20)21)8-11(7-9)25-5-4-23-13(24)12-2-1-3-22-12/h6-8,12,22H,1-5H2,(H,23,24)/t12-/m1/s1. The van der Waals surface area contributed by atoms with Crippen LogP contribution >= 0.6 is 0 Å². The van der Waals surface area contributed by atoms with Crippen molar-refractivity contribution in [3.8, 4) is 5.75 Å². The number of carbonyl (C=O) groups is 1. The van der Waals surface area contributed by atoms with Gasteiger partial charge in [-0.3, -0.25) is 4.79 Å². The SMILES string of the molecule is O=C(NCCOc1cc(C(F)(F)F)cc(C(F)(F)F)c1)[C@H]1CCCN1. The number of alkyl halides is 6. The first-order valence-corrected chi connectivity index (χ1v) is 7.51. The van der Waals surface area contributed by atoms with E-state index >= 15 is 0 Å². The minimum absolute atomic E-state index is 0.0282. The first-order chi connectivity index (χ1) is 11.6. The largest absolute Gasteiger partial charge is 0.492 e. The fourth-order valence-corrected chi connectivity index (χ4v) is 2.38. The number of ether oxygens (including phenoxy) is 1. The Morgan fingerprint density at radius 1 is 1.12 bits per heavy atom. The molecule has 1 amide bonds. The Balaban J connectivity index is 1.97. The summed E-state index contributed by atoms with van der Waals surface area (Å²) in [5.41, 5.74) is -2.90. The van der Waals surface area contributed by atoms with Crippen LogP contribution in [0.2, 0.25) is 0 Å². The Morgan fingerprint density at radius 2 is 1.72 bits per heavy atom. The number of benzene rings is 1. The maximum atomic E-state index is 12.7. The van der Waals surface area contributed by atoms with Crippen LogP contribution in [0.5, 0.6) is 5.75 Å². The van der Waals surface area contributed by atoms with E-state index in [9.17, 15) is 31.1 Å². The van der Waals surface area contributed by atoms with Crippen LogP contribution in [0.15, 0.2) is 18.2 Å². The molecule has 1 fully saturated rings. The van der Waals surface area contributed by atoms with Gasteiger partial charge in [0, 0.05) is 0 Å². The average Bonchev–Trinajstić information content (AvgIpc) is 3.04. The third kappa shape index (κ3) is 5.52. The lowest BCUT2D eigenvalue weighted by molar-refractivity contribution is -0.143. The van der Waals surface area contributed by atoms with Crippen molar-refractivity contribution in [3.05, 3.63) is 29.3 Å². The zero-order valence-corrected chi connectivity index (χ0v) is 12.9. The molecule has 1 aliphatic rings. The van der Waals surface area contributed by atoms with Gasteiger partial charge < -0.3 is 15.4 Å². The summed E-state index contributed by atoms with van der Waals surface area (Å²) in [5, 5.41) is 5.47. The lowest BCUT2D eigenvalue weighted by Gasteiger charge is -2.15. The van der Waals surface area contributed by atoms with Crippen molar-refractivity contribution in [1.29, 1.82) is 0 Å². The van der Waals surface area contributed by atoms with Gasteiger partial charge in [-0.2, -0.15) is 26.3 Å². The summed E-state index contributed by atoms with van der Waals surface area (Å²) in [7, 11) is 0. The van der Waals surface area contributed by atoms with Crippen molar-refractivity contribution in [2.24, 2.45) is 0 Å². The maximum absolute atomic E-state index is 12.7. The molecule has 1 heterocycles. The number of halogens is 6. The molecule has 1 aliphatic heterocycles. The third-order valence-electron chi connectivity index (χ3n) is 3.61. The van der Waals surface area contributed by atoms with Crippen molar-refractivity contribution in [2.45, 2.75) is 31.2 Å². The molecule has 1 aromatic rings. The van der Waals surface area contributed by atoms with Gasteiger partial charge >= 0.3 is 12.4 Å². The highest BCUT2D eigenvalue weighted by Gasteiger charge is 2.37. The molecule has 2 rings (SSSR count). The van der Waals surface area contributed by atoms with Crippen LogP contribution in [0.4, 0.5) is 26.3 Å². The Morgan fingerprint density at radius 3 is 2.20 bits per heavy atom. The predicted molar refractivity (Wildman–Crippen MR) is 76.0 cm³/mol. The monoisotopic (exact) mass is 370 g/mol. The molecular weight excluding hydrogens is 354 g/mol. The Bertz CT molecular complexity index is 577. The summed E-state index contributed by atoms with van der Waals surface area (Å²) in [6.07, 6.45) is -8.32. The zero-order chi connectivity index (χ0) is 18.7. The number of rotatable bonds is 5. The van der Waals surface area contributed by atoms with Crippen LogP contribution in [0.1, 0.15) is 24.0 Å². The Labute approximate surface area is 139 Å². The molecule has 1 saturated heterocycles. The molecule has 10 heteroatoms. The quantitative estimate of drug-likeness (QED) is 0.619. The second-order valence-corrected chi connectivity index (χ2v) is 5.53. The molecule has 1 aromatic carbocycles. The van der Waals surface area contributed by atoms with Gasteiger partial charge in [0.15, 0.2) is 0 Å². The van der Waals surface area contributed by atoms with Gasteiger partial charge in [-0.1, -0.05) is 0 Å². The van der Waals surface area contributed by atoms with Crippen molar-refractivity contribution in [1.82, 2.24) is 10.6 Å². The normalized spacial score (nSPS) is 18.2. The van der Waals surface area contributed by atoms with Crippen LogP contribution in [0.3, 0.4) is 0 Å². The van der Waals surface area contributed by atoms with Crippen molar-refractivity contribution in [3.63, 3.8) is 0 Å². The minimum atomic E-state index is -4.93. The highest BCUT2D eigenvalue weighted by atomic mass is 19.4. The third-order valence-corrected chi connectivity index (χ3v) is 3.61. The van der Waals surface area contributed by atoms with E-state index in [-0.39, 0.29) is 31.2 Å². The highest BCUT2D eigenvalue weighted by Crippen LogP contribution is 2.38. The average molecular weight is 370 g/mol. The van der Waals surface area contributed by atoms with Gasteiger partial charge in [0.2, 0.25) is 5.91 Å². The van der Waals surface area contributed by atoms with Gasteiger partial charge in [0.25, 0.3) is 0 Å². The van der Waals surface area contributed by atoms with Crippen LogP contribution < -0.4 is 15.4 Å². The number of carbonyl (C=O) groups excluding carboxylic acids is 1. The topological polar surface area (TPSA) is 50.4 Å². The molecule has 0 aromatic heterocycles. The van der Waals surface area contributed by atoms with Crippen molar-refractivity contribution >= 4 is 5.91 Å². The summed E-state index contributed by atoms with van der Waals surface area (Å²) in [6, 6.07) is 0.691. The highest BCUT2D eigenvalue weighted by molar-refractivity contribution is 5.81. The van der Waals surface area contributed by atoms with E-state index in [4.69, 9.17) is 4.74 Å². The second kappa shape index (κ2) is 7.51. The van der Waals surface area contributed by atoms with E-state index in [1.807, 2.05) is 0 Å². The fourth-order valence-electron chi connectivity index (χ4n) is 2.38. The summed E-state index contributed by atoms with van der Waals surface area (Å²) in [4.78, 5) is 11.7. The molecule has 0 unspecified atom stereocenters. The van der Waals surface area contributed by atoms with Gasteiger partial charge in [-0.05, 0) is 37.6 Å². The van der Waals surface area contributed by atoms with E-state index in [0.717, 1.165) is 13.0 Å². The lowest BCUT2D eigenvalue weighted by Crippen LogP contribution is -2.41. The van der Waals surface area contributed by atoms with E-state index in [0.29, 0.717) is 18.6 Å². The molecule has 0 bridgehead atoms. The molecule has 0 radical (unpaired) electrons. The first kappa shape index (κ1) is 19.4. The number of nitrogens with one attached hydrogen (secondary N) is 2. The summed E-state index contributed by atoms with van der Waals surface area (Å²) in [5.74, 6) is -0.837. The molecule has 2 N–H and O–H groups in total. The van der Waals surface area contributed by atoms with Crippen LogP contribution in [-0.4, -0.2) is 31.6 Å². The van der Waals surface area contributed by atoms with E-state index in [2.05, 4.69) is 10.6 Å².